The SMILES string of the molecule is O=C(Nc1ncc(Cc2cc(Cl)ccc2Cl)s1)c1ccc(CSc2nc3scc(-c4ccccc4)c3c(=O)n2-c2ccccc2)cc1. The summed E-state index contributed by atoms with van der Waals surface area (Å²) in [5, 5.41) is 7.87. The van der Waals surface area contributed by atoms with Crippen LogP contribution in [0.3, 0.4) is 0 Å². The molecule has 0 fully saturated rings. The Bertz CT molecular complexity index is 2270. The Labute approximate surface area is 292 Å². The number of halogens is 2. The summed E-state index contributed by atoms with van der Waals surface area (Å²) in [4.78, 5) is 38.1. The van der Waals surface area contributed by atoms with Crippen molar-refractivity contribution in [3.05, 3.63) is 157 Å². The average Bonchev–Trinajstić information content (AvgIpc) is 3.73. The maximum absolute atomic E-state index is 14.1. The fourth-order valence-electron chi connectivity index (χ4n) is 5.09. The van der Waals surface area contributed by atoms with Crippen LogP contribution in [0.4, 0.5) is 5.13 Å². The number of anilines is 1. The molecule has 1 N–H and O–H groups in total. The molecule has 0 aliphatic rings. The Morgan fingerprint density at radius 3 is 2.43 bits per heavy atom. The molecule has 0 unspecified atom stereocenters. The number of aromatic nitrogens is 3. The van der Waals surface area contributed by atoms with Gasteiger partial charge in [0.1, 0.15) is 4.83 Å². The van der Waals surface area contributed by atoms with Gasteiger partial charge in [-0.05, 0) is 59.2 Å². The van der Waals surface area contributed by atoms with Crippen LogP contribution in [-0.4, -0.2) is 20.4 Å². The van der Waals surface area contributed by atoms with Crippen molar-refractivity contribution < 1.29 is 4.79 Å². The van der Waals surface area contributed by atoms with E-state index in [1.165, 1.54) is 34.4 Å². The smallest absolute Gasteiger partial charge is 0.268 e. The fourth-order valence-corrected chi connectivity index (χ4v) is 8.25. The minimum Gasteiger partial charge on any atom is -0.298 e. The Kier molecular flexibility index (Phi) is 9.24. The van der Waals surface area contributed by atoms with Crippen molar-refractivity contribution in [3.8, 4) is 16.8 Å². The van der Waals surface area contributed by atoms with E-state index in [0.717, 1.165) is 32.8 Å². The second-order valence-electron chi connectivity index (χ2n) is 10.6. The molecule has 0 spiro atoms. The predicted octanol–water partition coefficient (Wildman–Crippen LogP) is 10.0. The highest BCUT2D eigenvalue weighted by Crippen LogP contribution is 2.34. The fraction of sp³-hybridized carbons (Fsp3) is 0.0556. The Morgan fingerprint density at radius 2 is 1.66 bits per heavy atom. The lowest BCUT2D eigenvalue weighted by Gasteiger charge is -2.13. The van der Waals surface area contributed by atoms with E-state index in [4.69, 9.17) is 28.2 Å². The first-order valence-corrected chi connectivity index (χ1v) is 17.9. The van der Waals surface area contributed by atoms with Crippen LogP contribution in [0.25, 0.3) is 27.0 Å². The summed E-state index contributed by atoms with van der Waals surface area (Å²) in [6.45, 7) is 0. The number of thiophene rings is 1. The van der Waals surface area contributed by atoms with Crippen molar-refractivity contribution in [2.45, 2.75) is 17.3 Å². The van der Waals surface area contributed by atoms with Gasteiger partial charge in [-0.15, -0.1) is 22.7 Å². The highest BCUT2D eigenvalue weighted by Gasteiger charge is 2.19. The van der Waals surface area contributed by atoms with Gasteiger partial charge >= 0.3 is 0 Å². The molecule has 232 valence electrons. The van der Waals surface area contributed by atoms with E-state index in [1.54, 1.807) is 35.0 Å². The third kappa shape index (κ3) is 6.90. The molecular formula is C36H24Cl2N4O2S3. The standard InChI is InChI=1S/C36H24Cl2N4O2S3/c37-26-15-16-30(38)25(17-26)18-28-19-39-35(47-28)40-32(43)24-13-11-22(12-14-24)20-46-36-41-33-31(29(21-45-33)23-7-3-1-4-8-23)34(44)42(36)27-9-5-2-6-10-27/h1-17,19,21H,18,20H2,(H,39,40,43). The Morgan fingerprint density at radius 1 is 0.915 bits per heavy atom. The molecule has 4 aromatic carbocycles. The molecule has 6 nitrogen and oxygen atoms in total. The van der Waals surface area contributed by atoms with Gasteiger partial charge in [0.25, 0.3) is 11.5 Å². The molecule has 3 heterocycles. The number of hydrogen-bond acceptors (Lipinski definition) is 7. The van der Waals surface area contributed by atoms with Crippen molar-refractivity contribution in [2.75, 3.05) is 5.32 Å². The molecule has 0 aliphatic heterocycles. The van der Waals surface area contributed by atoms with Crippen LogP contribution in [-0.2, 0) is 12.2 Å². The van der Waals surface area contributed by atoms with E-state index in [1.807, 2.05) is 84.2 Å². The number of carbonyl (C=O) groups is 1. The molecule has 0 aliphatic carbocycles. The number of thioether (sulfide) groups is 1. The molecule has 0 atom stereocenters. The van der Waals surface area contributed by atoms with E-state index in [2.05, 4.69) is 10.3 Å². The first kappa shape index (κ1) is 31.4. The van der Waals surface area contributed by atoms with Crippen molar-refractivity contribution in [1.29, 1.82) is 0 Å². The summed E-state index contributed by atoms with van der Waals surface area (Å²) in [5.74, 6) is 0.314. The molecule has 0 radical (unpaired) electrons. The maximum Gasteiger partial charge on any atom is 0.268 e. The number of benzene rings is 4. The number of hydrogen-bond donors (Lipinski definition) is 1. The summed E-state index contributed by atoms with van der Waals surface area (Å²) in [6, 6.07) is 32.3. The minimum atomic E-state index is -0.247. The topological polar surface area (TPSA) is 76.9 Å². The van der Waals surface area contributed by atoms with Crippen molar-refractivity contribution in [3.63, 3.8) is 0 Å². The zero-order valence-electron chi connectivity index (χ0n) is 24.5. The monoisotopic (exact) mass is 710 g/mol. The summed E-state index contributed by atoms with van der Waals surface area (Å²) < 4.78 is 1.69. The van der Waals surface area contributed by atoms with Gasteiger partial charge in [-0.2, -0.15) is 0 Å². The van der Waals surface area contributed by atoms with Gasteiger partial charge in [0.2, 0.25) is 0 Å². The van der Waals surface area contributed by atoms with Crippen LogP contribution in [0.1, 0.15) is 26.4 Å². The molecule has 0 saturated heterocycles. The number of para-hydroxylation sites is 1. The van der Waals surface area contributed by atoms with Crippen LogP contribution in [0.15, 0.2) is 125 Å². The second-order valence-corrected chi connectivity index (χ2v) is 14.3. The predicted molar refractivity (Wildman–Crippen MR) is 196 cm³/mol. The van der Waals surface area contributed by atoms with E-state index < -0.39 is 0 Å². The molecular weight excluding hydrogens is 688 g/mol. The molecule has 47 heavy (non-hydrogen) atoms. The largest absolute Gasteiger partial charge is 0.298 e. The number of nitrogens with one attached hydrogen (secondary N) is 1. The van der Waals surface area contributed by atoms with E-state index >= 15 is 0 Å². The Balaban J connectivity index is 1.08. The van der Waals surface area contributed by atoms with E-state index in [9.17, 15) is 9.59 Å². The number of nitrogens with zero attached hydrogens (tertiary/aromatic N) is 3. The molecule has 0 bridgehead atoms. The molecule has 7 aromatic rings. The minimum absolute atomic E-state index is 0.100. The first-order valence-electron chi connectivity index (χ1n) is 14.5. The van der Waals surface area contributed by atoms with Gasteiger partial charge in [0.15, 0.2) is 10.3 Å². The van der Waals surface area contributed by atoms with Crippen LogP contribution in [0.2, 0.25) is 10.0 Å². The van der Waals surface area contributed by atoms with Crippen LogP contribution >= 0.6 is 57.6 Å². The summed E-state index contributed by atoms with van der Waals surface area (Å²) in [6.07, 6.45) is 2.30. The van der Waals surface area contributed by atoms with Crippen molar-refractivity contribution in [2.24, 2.45) is 0 Å². The van der Waals surface area contributed by atoms with Crippen molar-refractivity contribution in [1.82, 2.24) is 14.5 Å². The zero-order chi connectivity index (χ0) is 32.3. The van der Waals surface area contributed by atoms with Crippen LogP contribution in [0, 0.1) is 0 Å². The third-order valence-corrected chi connectivity index (χ3v) is 10.8. The van der Waals surface area contributed by atoms with Gasteiger partial charge in [-0.25, -0.2) is 9.97 Å². The zero-order valence-corrected chi connectivity index (χ0v) is 28.5. The summed E-state index contributed by atoms with van der Waals surface area (Å²) in [5.41, 5.74) is 4.94. The maximum atomic E-state index is 14.1. The number of thiazole rings is 1. The van der Waals surface area contributed by atoms with E-state index in [-0.39, 0.29) is 11.5 Å². The first-order chi connectivity index (χ1) is 22.9. The molecule has 3 aromatic heterocycles. The summed E-state index contributed by atoms with van der Waals surface area (Å²) >= 11 is 16.8. The average molecular weight is 712 g/mol. The van der Waals surface area contributed by atoms with Crippen LogP contribution < -0.4 is 10.9 Å². The number of carbonyl (C=O) groups excluding carboxylic acids is 1. The van der Waals surface area contributed by atoms with Gasteiger partial charge < -0.3 is 0 Å². The van der Waals surface area contributed by atoms with Crippen molar-refractivity contribution >= 4 is 78.9 Å². The number of rotatable bonds is 9. The molecule has 7 rings (SSSR count). The van der Waals surface area contributed by atoms with Gasteiger partial charge in [0, 0.05) is 49.8 Å². The lowest BCUT2D eigenvalue weighted by molar-refractivity contribution is 0.102. The highest BCUT2D eigenvalue weighted by molar-refractivity contribution is 7.98. The van der Waals surface area contributed by atoms with Gasteiger partial charge in [0.05, 0.1) is 11.1 Å². The van der Waals surface area contributed by atoms with Gasteiger partial charge in [-0.3, -0.25) is 19.5 Å². The molecule has 1 amide bonds. The number of amides is 1. The summed E-state index contributed by atoms with van der Waals surface area (Å²) in [7, 11) is 0. The highest BCUT2D eigenvalue weighted by atomic mass is 35.5. The second kappa shape index (κ2) is 13.9. The normalized spacial score (nSPS) is 11.2. The molecule has 11 heteroatoms. The lowest BCUT2D eigenvalue weighted by atomic mass is 10.1. The van der Waals surface area contributed by atoms with Crippen LogP contribution in [0.5, 0.6) is 0 Å². The lowest BCUT2D eigenvalue weighted by Crippen LogP contribution is -2.21. The number of fused-ring (bicyclic) bond motifs is 1. The Hall–Kier alpha value is -4.25. The molecule has 0 saturated carbocycles. The third-order valence-electron chi connectivity index (χ3n) is 7.41. The van der Waals surface area contributed by atoms with Gasteiger partial charge in [-0.1, -0.05) is 95.6 Å². The van der Waals surface area contributed by atoms with E-state index in [0.29, 0.717) is 48.3 Å². The quantitative estimate of drug-likeness (QED) is 0.119.